The molecule has 174 valence electrons. The topological polar surface area (TPSA) is 0 Å². The van der Waals surface area contributed by atoms with Crippen LogP contribution in [-0.4, -0.2) is 0 Å². The molecular weight excluding hydrogens is 408 g/mol. The molecule has 0 heteroatoms. The van der Waals surface area contributed by atoms with E-state index >= 15 is 0 Å². The molecule has 0 heterocycles. The van der Waals surface area contributed by atoms with Crippen LogP contribution in [0.25, 0.3) is 21.5 Å². The van der Waals surface area contributed by atoms with Gasteiger partial charge in [0.1, 0.15) is 0 Å². The van der Waals surface area contributed by atoms with Crippen molar-refractivity contribution < 1.29 is 0 Å². The van der Waals surface area contributed by atoms with Crippen molar-refractivity contribution >= 4 is 21.5 Å². The van der Waals surface area contributed by atoms with Crippen LogP contribution >= 0.6 is 0 Å². The average Bonchev–Trinajstić information content (AvgIpc) is 2.80. The first-order valence-corrected chi connectivity index (χ1v) is 12.2. The van der Waals surface area contributed by atoms with Crippen LogP contribution in [0, 0.1) is 34.6 Å². The zero-order valence-electron chi connectivity index (χ0n) is 21.8. The van der Waals surface area contributed by atoms with Crippen LogP contribution in [0.15, 0.2) is 97.1 Å². The number of hydrogen-bond acceptors (Lipinski definition) is 0. The van der Waals surface area contributed by atoms with Crippen LogP contribution in [0.1, 0.15) is 53.1 Å². The fourth-order valence-electron chi connectivity index (χ4n) is 4.73. The van der Waals surface area contributed by atoms with Gasteiger partial charge in [-0.3, -0.25) is 0 Å². The van der Waals surface area contributed by atoms with Crippen LogP contribution in [0.2, 0.25) is 0 Å². The van der Waals surface area contributed by atoms with Crippen LogP contribution in [0.3, 0.4) is 0 Å². The minimum atomic E-state index is 0.654. The summed E-state index contributed by atoms with van der Waals surface area (Å²) < 4.78 is 0. The highest BCUT2D eigenvalue weighted by atomic mass is 14.1. The van der Waals surface area contributed by atoms with E-state index in [0.717, 1.165) is 0 Å². The van der Waals surface area contributed by atoms with Crippen LogP contribution in [0.4, 0.5) is 0 Å². The average molecular weight is 447 g/mol. The Bertz CT molecular complexity index is 1220. The Balaban J connectivity index is 0.000000144. The minimum absolute atomic E-state index is 0.654. The number of fused-ring (bicyclic) bond motifs is 2. The Morgan fingerprint density at radius 1 is 0.382 bits per heavy atom. The van der Waals surface area contributed by atoms with Gasteiger partial charge in [-0.1, -0.05) is 111 Å². The lowest BCUT2D eigenvalue weighted by Gasteiger charge is -2.07. The third kappa shape index (κ3) is 6.14. The van der Waals surface area contributed by atoms with Gasteiger partial charge in [-0.2, -0.15) is 0 Å². The quantitative estimate of drug-likeness (QED) is 0.240. The van der Waals surface area contributed by atoms with Crippen LogP contribution < -0.4 is 0 Å². The van der Waals surface area contributed by atoms with Gasteiger partial charge >= 0.3 is 0 Å². The molecule has 0 atom stereocenters. The van der Waals surface area contributed by atoms with E-state index in [1.165, 1.54) is 54.9 Å². The van der Waals surface area contributed by atoms with Gasteiger partial charge in [-0.15, -0.1) is 0 Å². The fraction of sp³-hybridized carbons (Fsp3) is 0.235. The zero-order chi connectivity index (χ0) is 24.7. The first-order chi connectivity index (χ1) is 16.3. The largest absolute Gasteiger partial charge is 0.0620 e. The first kappa shape index (κ1) is 25.2. The molecule has 0 unspecified atom stereocenters. The molecule has 0 bridgehead atoms. The van der Waals surface area contributed by atoms with Crippen molar-refractivity contribution in [2.75, 3.05) is 0 Å². The molecule has 0 aliphatic rings. The molecule has 0 saturated heterocycles. The van der Waals surface area contributed by atoms with Crippen molar-refractivity contribution in [1.82, 2.24) is 0 Å². The lowest BCUT2D eigenvalue weighted by Crippen LogP contribution is -1.89. The Morgan fingerprint density at radius 3 is 0.971 bits per heavy atom. The Morgan fingerprint density at radius 2 is 0.706 bits per heavy atom. The highest BCUT2D eigenvalue weighted by Crippen LogP contribution is 2.22. The summed E-state index contributed by atoms with van der Waals surface area (Å²) in [6.45, 7) is 15.3. The molecule has 0 amide bonds. The maximum absolute atomic E-state index is 2.22. The Kier molecular flexibility index (Phi) is 8.66. The molecule has 0 N–H and O–H groups in total. The van der Waals surface area contributed by atoms with E-state index in [1.807, 2.05) is 0 Å². The van der Waals surface area contributed by atoms with E-state index < -0.39 is 0 Å². The summed E-state index contributed by atoms with van der Waals surface area (Å²) in [7, 11) is 0. The first-order valence-electron chi connectivity index (χ1n) is 12.2. The van der Waals surface area contributed by atoms with E-state index in [9.17, 15) is 0 Å². The number of hydrogen-bond donors (Lipinski definition) is 0. The summed E-state index contributed by atoms with van der Waals surface area (Å²) in [6.07, 6.45) is 0. The van der Waals surface area contributed by atoms with Crippen LogP contribution in [-0.2, 0) is 0 Å². The SMILES string of the molecule is Cc1cccc2cccc(C)c12.Cc1cccc2cccc(C)c12.Cc1ccccc1C(C)C. The molecule has 0 aliphatic carbocycles. The molecule has 0 aliphatic heterocycles. The molecule has 0 saturated carbocycles. The number of aryl methyl sites for hydroxylation is 5. The highest BCUT2D eigenvalue weighted by Gasteiger charge is 2.00. The van der Waals surface area contributed by atoms with Gasteiger partial charge in [0.15, 0.2) is 0 Å². The summed E-state index contributed by atoms with van der Waals surface area (Å²) in [5, 5.41) is 5.49. The third-order valence-corrected chi connectivity index (χ3v) is 6.45. The fourth-order valence-corrected chi connectivity index (χ4v) is 4.73. The van der Waals surface area contributed by atoms with Crippen molar-refractivity contribution in [3.63, 3.8) is 0 Å². The van der Waals surface area contributed by atoms with Crippen molar-refractivity contribution in [3.8, 4) is 0 Å². The Hall–Kier alpha value is -3.38. The summed E-state index contributed by atoms with van der Waals surface area (Å²) in [5.41, 5.74) is 8.33. The lowest BCUT2D eigenvalue weighted by molar-refractivity contribution is 0.856. The second-order valence-corrected chi connectivity index (χ2v) is 9.51. The monoisotopic (exact) mass is 446 g/mol. The second-order valence-electron chi connectivity index (χ2n) is 9.51. The zero-order valence-corrected chi connectivity index (χ0v) is 21.8. The molecule has 0 spiro atoms. The predicted molar refractivity (Wildman–Crippen MR) is 152 cm³/mol. The third-order valence-electron chi connectivity index (χ3n) is 6.45. The van der Waals surface area contributed by atoms with Gasteiger partial charge in [0.2, 0.25) is 0 Å². The normalized spacial score (nSPS) is 10.5. The summed E-state index contributed by atoms with van der Waals surface area (Å²) >= 11 is 0. The maximum Gasteiger partial charge on any atom is -0.0125 e. The van der Waals surface area contributed by atoms with Gasteiger partial charge in [0.05, 0.1) is 0 Å². The summed E-state index contributed by atoms with van der Waals surface area (Å²) in [6, 6.07) is 34.3. The minimum Gasteiger partial charge on any atom is -0.0620 e. The van der Waals surface area contributed by atoms with Crippen molar-refractivity contribution in [2.24, 2.45) is 0 Å². The number of benzene rings is 5. The van der Waals surface area contributed by atoms with Crippen molar-refractivity contribution in [3.05, 3.63) is 130 Å². The molecule has 0 aromatic heterocycles. The Labute approximate surface area is 206 Å². The molecule has 5 aromatic rings. The van der Waals surface area contributed by atoms with Gasteiger partial charge in [-0.25, -0.2) is 0 Å². The number of rotatable bonds is 1. The van der Waals surface area contributed by atoms with Gasteiger partial charge in [0.25, 0.3) is 0 Å². The molecular formula is C34H38. The lowest BCUT2D eigenvalue weighted by atomic mass is 9.99. The van der Waals surface area contributed by atoms with E-state index in [1.54, 1.807) is 0 Å². The van der Waals surface area contributed by atoms with E-state index in [0.29, 0.717) is 5.92 Å². The van der Waals surface area contributed by atoms with E-state index in [4.69, 9.17) is 0 Å². The van der Waals surface area contributed by atoms with Crippen molar-refractivity contribution in [2.45, 2.75) is 54.4 Å². The highest BCUT2D eigenvalue weighted by molar-refractivity contribution is 5.89. The van der Waals surface area contributed by atoms with Gasteiger partial charge in [0, 0.05) is 0 Å². The van der Waals surface area contributed by atoms with Gasteiger partial charge < -0.3 is 0 Å². The van der Waals surface area contributed by atoms with Crippen molar-refractivity contribution in [1.29, 1.82) is 0 Å². The van der Waals surface area contributed by atoms with Crippen LogP contribution in [0.5, 0.6) is 0 Å². The molecule has 34 heavy (non-hydrogen) atoms. The molecule has 0 radical (unpaired) electrons. The maximum atomic E-state index is 2.22. The summed E-state index contributed by atoms with van der Waals surface area (Å²) in [4.78, 5) is 0. The standard InChI is InChI=1S/2C12H12.C10H14/c2*1-9-5-3-7-11-8-4-6-10(2)12(9)11;1-8(2)10-7-5-4-6-9(10)3/h2*3-8H,1-2H3;4-8H,1-3H3. The second kappa shape index (κ2) is 11.7. The molecule has 5 rings (SSSR count). The predicted octanol–water partition coefficient (Wildman–Crippen LogP) is 10.0. The van der Waals surface area contributed by atoms with E-state index in [-0.39, 0.29) is 0 Å². The molecule has 0 nitrogen and oxygen atoms in total. The summed E-state index contributed by atoms with van der Waals surface area (Å²) in [5.74, 6) is 0.654. The van der Waals surface area contributed by atoms with E-state index in [2.05, 4.69) is 146 Å². The molecule has 5 aromatic carbocycles. The van der Waals surface area contributed by atoms with Gasteiger partial charge in [-0.05, 0) is 95.5 Å². The molecule has 0 fully saturated rings. The smallest absolute Gasteiger partial charge is 0.0125 e.